The summed E-state index contributed by atoms with van der Waals surface area (Å²) < 4.78 is 11.3. The molecule has 19 heavy (non-hydrogen) atoms. The molecule has 2 N–H and O–H groups in total. The van der Waals surface area contributed by atoms with E-state index in [1.165, 1.54) is 0 Å². The highest BCUT2D eigenvalue weighted by Crippen LogP contribution is 2.53. The van der Waals surface area contributed by atoms with E-state index in [0.717, 1.165) is 10.9 Å². The fourth-order valence-corrected chi connectivity index (χ4v) is 2.83. The smallest absolute Gasteiger partial charge is 0.177 e. The van der Waals surface area contributed by atoms with Crippen molar-refractivity contribution in [3.8, 4) is 5.75 Å². The molecule has 1 saturated carbocycles. The quantitative estimate of drug-likeness (QED) is 0.701. The van der Waals surface area contributed by atoms with Gasteiger partial charge in [-0.2, -0.15) is 0 Å². The average molecular weight is 258 g/mol. The molecule has 0 unspecified atom stereocenters. The van der Waals surface area contributed by atoms with Crippen molar-refractivity contribution in [2.45, 2.75) is 32.3 Å². The molecule has 3 aromatic rings. The maximum absolute atomic E-state index is 10.5. The zero-order valence-corrected chi connectivity index (χ0v) is 10.8. The second kappa shape index (κ2) is 3.14. The van der Waals surface area contributed by atoms with E-state index in [2.05, 4.69) is 0 Å². The highest BCUT2D eigenvalue weighted by Gasteiger charge is 2.46. The van der Waals surface area contributed by atoms with Crippen molar-refractivity contribution in [1.82, 2.24) is 0 Å². The summed E-state index contributed by atoms with van der Waals surface area (Å²) in [6, 6.07) is 3.62. The van der Waals surface area contributed by atoms with Crippen LogP contribution in [-0.4, -0.2) is 10.2 Å². The second-order valence-electron chi connectivity index (χ2n) is 5.45. The molecule has 2 aromatic heterocycles. The Kier molecular flexibility index (Phi) is 1.81. The van der Waals surface area contributed by atoms with Gasteiger partial charge in [-0.05, 0) is 38.8 Å². The molecule has 0 amide bonds. The Morgan fingerprint density at radius 2 is 1.58 bits per heavy atom. The zero-order chi connectivity index (χ0) is 13.4. The van der Waals surface area contributed by atoms with E-state index in [-0.39, 0.29) is 5.75 Å². The number of furan rings is 2. The maximum Gasteiger partial charge on any atom is 0.177 e. The molecule has 1 aromatic carbocycles. The minimum atomic E-state index is -0.842. The second-order valence-corrected chi connectivity index (χ2v) is 5.45. The predicted molar refractivity (Wildman–Crippen MR) is 70.3 cm³/mol. The molecule has 0 atom stereocenters. The Bertz CT molecular complexity index is 760. The predicted octanol–water partition coefficient (Wildman–Crippen LogP) is 3.48. The van der Waals surface area contributed by atoms with Crippen LogP contribution in [0.5, 0.6) is 5.75 Å². The van der Waals surface area contributed by atoms with Crippen LogP contribution in [0.2, 0.25) is 0 Å². The van der Waals surface area contributed by atoms with Crippen LogP contribution >= 0.6 is 0 Å². The lowest BCUT2D eigenvalue weighted by Gasteiger charge is -2.11. The number of benzene rings is 1. The Morgan fingerprint density at radius 1 is 1.00 bits per heavy atom. The highest BCUT2D eigenvalue weighted by molar-refractivity contribution is 6.05. The fourth-order valence-electron chi connectivity index (χ4n) is 2.83. The fraction of sp³-hybridized carbons (Fsp3) is 0.333. The van der Waals surface area contributed by atoms with Crippen LogP contribution < -0.4 is 0 Å². The van der Waals surface area contributed by atoms with Gasteiger partial charge in [-0.25, -0.2) is 0 Å². The molecule has 4 heteroatoms. The van der Waals surface area contributed by atoms with E-state index in [0.29, 0.717) is 40.9 Å². The number of aryl methyl sites for hydroxylation is 2. The summed E-state index contributed by atoms with van der Waals surface area (Å²) in [6.07, 6.45) is 1.43. The number of phenols is 1. The largest absolute Gasteiger partial charge is 0.504 e. The van der Waals surface area contributed by atoms with E-state index in [4.69, 9.17) is 8.83 Å². The summed E-state index contributed by atoms with van der Waals surface area (Å²) in [6.45, 7) is 3.65. The molecular weight excluding hydrogens is 244 g/mol. The number of aliphatic hydroxyl groups is 1. The number of rotatable bonds is 1. The first-order valence-electron chi connectivity index (χ1n) is 6.38. The summed E-state index contributed by atoms with van der Waals surface area (Å²) in [5.74, 6) is 1.50. The Hall–Kier alpha value is -1.94. The molecule has 0 spiro atoms. The molecule has 1 aliphatic carbocycles. The first kappa shape index (κ1) is 10.9. The van der Waals surface area contributed by atoms with Crippen molar-refractivity contribution < 1.29 is 19.0 Å². The van der Waals surface area contributed by atoms with Crippen LogP contribution in [0.3, 0.4) is 0 Å². The summed E-state index contributed by atoms with van der Waals surface area (Å²) in [4.78, 5) is 0. The molecule has 1 fully saturated rings. The van der Waals surface area contributed by atoms with Crippen molar-refractivity contribution in [1.29, 1.82) is 0 Å². The third kappa shape index (κ3) is 1.32. The SMILES string of the molecule is Cc1cc2c(C3(O)CC3)c3oc(C)cc3c(O)c2o1. The Morgan fingerprint density at radius 3 is 2.21 bits per heavy atom. The minimum absolute atomic E-state index is 0.0861. The van der Waals surface area contributed by atoms with Crippen molar-refractivity contribution in [3.63, 3.8) is 0 Å². The molecule has 0 saturated heterocycles. The highest BCUT2D eigenvalue weighted by atomic mass is 16.4. The molecule has 0 aliphatic heterocycles. The lowest BCUT2D eigenvalue weighted by atomic mass is 9.99. The molecule has 98 valence electrons. The minimum Gasteiger partial charge on any atom is -0.504 e. The standard InChI is InChI=1S/C15H14O4/c1-7-5-9-11(15(17)3-4-15)13-10(6-8(2)18-13)12(16)14(9)19-7/h5-6,16-17H,3-4H2,1-2H3. The monoisotopic (exact) mass is 258 g/mol. The van der Waals surface area contributed by atoms with Gasteiger partial charge in [0.05, 0.1) is 11.0 Å². The van der Waals surface area contributed by atoms with Gasteiger partial charge in [-0.15, -0.1) is 0 Å². The summed E-state index contributed by atoms with van der Waals surface area (Å²) in [5.41, 5.74) is 0.912. The maximum atomic E-state index is 10.5. The van der Waals surface area contributed by atoms with Gasteiger partial charge in [0.25, 0.3) is 0 Å². The molecule has 0 bridgehead atoms. The number of hydrogen-bond acceptors (Lipinski definition) is 4. The van der Waals surface area contributed by atoms with E-state index < -0.39 is 5.60 Å². The van der Waals surface area contributed by atoms with Crippen LogP contribution in [0.4, 0.5) is 0 Å². The van der Waals surface area contributed by atoms with Gasteiger partial charge in [-0.3, -0.25) is 0 Å². The molecule has 1 aliphatic rings. The van der Waals surface area contributed by atoms with Crippen LogP contribution in [0.25, 0.3) is 21.9 Å². The first-order chi connectivity index (χ1) is 8.99. The van der Waals surface area contributed by atoms with Gasteiger partial charge < -0.3 is 19.0 Å². The van der Waals surface area contributed by atoms with Gasteiger partial charge in [0.15, 0.2) is 11.3 Å². The zero-order valence-electron chi connectivity index (χ0n) is 10.8. The van der Waals surface area contributed by atoms with Crippen LogP contribution in [0.1, 0.15) is 29.9 Å². The van der Waals surface area contributed by atoms with E-state index in [1.54, 1.807) is 6.07 Å². The molecule has 2 heterocycles. The van der Waals surface area contributed by atoms with Gasteiger partial charge in [0.1, 0.15) is 17.1 Å². The lowest BCUT2D eigenvalue weighted by Crippen LogP contribution is -2.05. The number of hydrogen-bond donors (Lipinski definition) is 2. The van der Waals surface area contributed by atoms with E-state index in [1.807, 2.05) is 19.9 Å². The summed E-state index contributed by atoms with van der Waals surface area (Å²) in [7, 11) is 0. The van der Waals surface area contributed by atoms with E-state index >= 15 is 0 Å². The number of aromatic hydroxyl groups is 1. The van der Waals surface area contributed by atoms with E-state index in [9.17, 15) is 10.2 Å². The molecular formula is C15H14O4. The topological polar surface area (TPSA) is 66.7 Å². The average Bonchev–Trinajstić information content (AvgIpc) is 2.79. The van der Waals surface area contributed by atoms with Crippen molar-refractivity contribution in [2.24, 2.45) is 0 Å². The summed E-state index contributed by atoms with van der Waals surface area (Å²) >= 11 is 0. The van der Waals surface area contributed by atoms with Gasteiger partial charge >= 0.3 is 0 Å². The Labute approximate surface area is 109 Å². The van der Waals surface area contributed by atoms with Gasteiger partial charge in [0.2, 0.25) is 0 Å². The van der Waals surface area contributed by atoms with Gasteiger partial charge in [-0.1, -0.05) is 0 Å². The van der Waals surface area contributed by atoms with Gasteiger partial charge in [0, 0.05) is 10.9 Å². The first-order valence-corrected chi connectivity index (χ1v) is 6.38. The third-order valence-corrected chi connectivity index (χ3v) is 3.87. The van der Waals surface area contributed by atoms with Crippen molar-refractivity contribution in [3.05, 3.63) is 29.2 Å². The van der Waals surface area contributed by atoms with Crippen LogP contribution in [0.15, 0.2) is 21.0 Å². The van der Waals surface area contributed by atoms with Crippen LogP contribution in [0, 0.1) is 13.8 Å². The van der Waals surface area contributed by atoms with Crippen LogP contribution in [-0.2, 0) is 5.60 Å². The van der Waals surface area contributed by atoms with Crippen molar-refractivity contribution in [2.75, 3.05) is 0 Å². The Balaban J connectivity index is 2.27. The number of fused-ring (bicyclic) bond motifs is 2. The summed E-state index contributed by atoms with van der Waals surface area (Å²) in [5, 5.41) is 22.2. The third-order valence-electron chi connectivity index (χ3n) is 3.87. The molecule has 0 radical (unpaired) electrons. The normalized spacial score (nSPS) is 17.4. The number of phenolic OH excluding ortho intramolecular Hbond substituents is 1. The van der Waals surface area contributed by atoms with Crippen molar-refractivity contribution >= 4 is 21.9 Å². The molecule has 4 rings (SSSR count). The molecule has 4 nitrogen and oxygen atoms in total. The lowest BCUT2D eigenvalue weighted by molar-refractivity contribution is 0.153.